The highest BCUT2D eigenvalue weighted by Gasteiger charge is 2.49. The van der Waals surface area contributed by atoms with Crippen molar-refractivity contribution in [2.45, 2.75) is 81.8 Å². The van der Waals surface area contributed by atoms with Crippen LogP contribution in [-0.4, -0.2) is 183 Å². The maximum Gasteiger partial charge on any atom is 0.303 e. The van der Waals surface area contributed by atoms with Crippen molar-refractivity contribution in [1.29, 1.82) is 0 Å². The van der Waals surface area contributed by atoms with Crippen molar-refractivity contribution in [3.05, 3.63) is 21.9 Å². The van der Waals surface area contributed by atoms with E-state index < -0.39 is 152 Å². The minimum atomic E-state index is -6.21. The molecule has 0 radical (unpaired) electrons. The molecule has 46 nitrogen and oxygen atoms in total. The number of nitrogen functional groups attached to an aromatic ring is 2. The molecule has 0 saturated carbocycles. The fourth-order valence-corrected chi connectivity index (χ4v) is 13.6. The Kier molecular flexibility index (Phi) is 28.4. The third kappa shape index (κ3) is 24.2. The van der Waals surface area contributed by atoms with Gasteiger partial charge in [0.25, 0.3) is 46.9 Å². The Hall–Kier alpha value is -4.48. The van der Waals surface area contributed by atoms with Gasteiger partial charge in [0.2, 0.25) is 17.7 Å². The molecule has 15 atom stereocenters. The molecule has 89 heavy (non-hydrogen) atoms. The number of aliphatic carboxylic acids is 1. The number of anilines is 2. The lowest BCUT2D eigenvalue weighted by atomic mass is 10.1. The Morgan fingerprint density at radius 2 is 1.06 bits per heavy atom. The molecule has 2 fully saturated rings. The molecule has 2 saturated heterocycles. The molecule has 3 amide bonds. The third-order valence-corrected chi connectivity index (χ3v) is 18.7. The van der Waals surface area contributed by atoms with Crippen LogP contribution in [0.5, 0.6) is 0 Å². The topological polar surface area (TPSA) is 736 Å². The highest BCUT2D eigenvalue weighted by molar-refractivity contribution is 7.71. The first kappa shape index (κ1) is 77.0. The Morgan fingerprint density at radius 1 is 0.674 bits per heavy atom. The van der Waals surface area contributed by atoms with E-state index in [4.69, 9.17) is 81.2 Å². The number of carboxylic acid groups (broad SMARTS) is 1. The number of ether oxygens (including phenoxy) is 4. The minimum Gasteiger partial charge on any atom is -0.756 e. The smallest absolute Gasteiger partial charge is 0.303 e. The fourth-order valence-electron chi connectivity index (χ4n) is 7.30. The zero-order valence-corrected chi connectivity index (χ0v) is 52.3. The van der Waals surface area contributed by atoms with Gasteiger partial charge in [0, 0.05) is 32.6 Å². The van der Waals surface area contributed by atoms with Gasteiger partial charge in [-0.25, -0.2) is 37.2 Å². The lowest BCUT2D eigenvalue weighted by Gasteiger charge is -2.33. The van der Waals surface area contributed by atoms with Crippen LogP contribution in [-0.2, 0) is 91.8 Å². The van der Waals surface area contributed by atoms with Crippen LogP contribution < -0.4 is 68.2 Å². The van der Waals surface area contributed by atoms with Gasteiger partial charge in [-0.05, 0) is 6.42 Å². The van der Waals surface area contributed by atoms with Gasteiger partial charge >= 0.3 is 5.97 Å². The summed E-state index contributed by atoms with van der Waals surface area (Å²) in [6, 6.07) is -1.09. The number of amides is 3. The monoisotopic (exact) mass is 1430 g/mol. The highest BCUT2D eigenvalue weighted by atomic mass is 32.1. The van der Waals surface area contributed by atoms with Crippen LogP contribution in [0.2, 0.25) is 0 Å². The number of carboxylic acids is 1. The largest absolute Gasteiger partial charge is 0.756 e. The summed E-state index contributed by atoms with van der Waals surface area (Å²) in [6.07, 6.45) is -10.5. The molecular formula is C35H55N15O31P6S2-6. The number of nitrogens with two attached hydrogens (primary N) is 4. The van der Waals surface area contributed by atoms with Crippen molar-refractivity contribution in [2.24, 2.45) is 11.5 Å². The number of hydrogen-bond donors (Lipinski definition) is 14. The maximum absolute atomic E-state index is 12.5. The standard InChI is InChI=1S/C19H31N8O17P3S.C14H24N7O14P3S.C2H6/c20-8(1-2-11(29)30)16(32)23-4-3-22-10(28)6-40-14-13(31)9(5-41-46(36,37)44-47(38,39)43-45(33,34)35)42-18(14)27-7-24-12-15(27)25-19(21)26-17(12)48;15-1-2-17-7(22)4-31-10-9(23)6(3-32-37(27,28)35-38(29,30)34-36(24,25)26)33-13(10)21-5-18-8-11(21)19-14(16)20-12(8)39;1-2/h7-9,13-14,18,31H,1-6,20H2,(H,22,28)(H,23,32)(H,29,30)(H,36,37)(H,38,39)(H2,33,34,35)(H3,21,25,26,48);5-6,9-10,13,23H,1-4,15H2,(H,17,22)(H,27,28)(H,29,30)(H2,24,25,26)(H3,16,19,20,39);1-2H3/p-6/t8?,9-,13?,14+,18-;6-,9?,10+,13-;/m11./s1. The normalized spacial score (nSPS) is 24.4. The van der Waals surface area contributed by atoms with E-state index in [1.807, 2.05) is 13.8 Å². The van der Waals surface area contributed by atoms with Crippen LogP contribution in [0.25, 0.3) is 22.3 Å². The van der Waals surface area contributed by atoms with Crippen LogP contribution in [0.15, 0.2) is 12.7 Å². The number of hydrogen-bond acceptors (Lipinski definition) is 38. The van der Waals surface area contributed by atoms with E-state index in [0.717, 1.165) is 6.33 Å². The molecular weight excluding hydrogens is 1380 g/mol. The van der Waals surface area contributed by atoms with Crippen LogP contribution in [0.3, 0.4) is 0 Å². The van der Waals surface area contributed by atoms with E-state index in [-0.39, 0.29) is 82.5 Å². The molecule has 4 aromatic heterocycles. The second-order valence-electron chi connectivity index (χ2n) is 17.2. The second kappa shape index (κ2) is 32.9. The van der Waals surface area contributed by atoms with Gasteiger partial charge in [0.15, 0.2) is 33.6 Å². The predicted molar refractivity (Wildman–Crippen MR) is 284 cm³/mol. The molecule has 0 bridgehead atoms. The molecule has 6 rings (SSSR count). The van der Waals surface area contributed by atoms with E-state index >= 15 is 0 Å². The maximum atomic E-state index is 12.5. The Bertz CT molecular complexity index is 3550. The highest BCUT2D eigenvalue weighted by Crippen LogP contribution is 2.62. The molecule has 4 aromatic rings. The first-order valence-corrected chi connectivity index (χ1v) is 34.1. The third-order valence-electron chi connectivity index (χ3n) is 10.7. The summed E-state index contributed by atoms with van der Waals surface area (Å²) in [6.45, 7) is 0.440. The number of aromatic amines is 2. The van der Waals surface area contributed by atoms with Gasteiger partial charge in [-0.3, -0.25) is 55.7 Å². The number of fused-ring (bicyclic) bond motifs is 2. The molecule has 0 aliphatic carbocycles. The van der Waals surface area contributed by atoms with Crippen LogP contribution >= 0.6 is 71.4 Å². The number of phosphoric ester groups is 2. The van der Waals surface area contributed by atoms with Crippen LogP contribution in [0, 0.1) is 9.28 Å². The first-order chi connectivity index (χ1) is 41.2. The van der Waals surface area contributed by atoms with Gasteiger partial charge in [-0.15, -0.1) is 0 Å². The number of imidazole rings is 2. The van der Waals surface area contributed by atoms with Crippen molar-refractivity contribution in [3.8, 4) is 0 Å². The summed E-state index contributed by atoms with van der Waals surface area (Å²) in [5.74, 6) is -3.42. The lowest BCUT2D eigenvalue weighted by molar-refractivity contribution is -0.254. The number of aliphatic hydroxyl groups excluding tert-OH is 2. The van der Waals surface area contributed by atoms with Crippen molar-refractivity contribution >= 4 is 129 Å². The fraction of sp³-hybridized carbons (Fsp3) is 0.600. The molecule has 504 valence electrons. The quantitative estimate of drug-likeness (QED) is 0.0126. The second-order valence-corrected chi connectivity index (χ2v) is 26.5. The van der Waals surface area contributed by atoms with Gasteiger partial charge in [-0.2, -0.15) is 0 Å². The van der Waals surface area contributed by atoms with Gasteiger partial charge < -0.3 is 131 Å². The molecule has 9 unspecified atom stereocenters. The lowest BCUT2D eigenvalue weighted by Crippen LogP contribution is -2.44. The van der Waals surface area contributed by atoms with Crippen LogP contribution in [0.4, 0.5) is 11.9 Å². The number of nitrogens with zero attached hydrogens (tertiary/aromatic N) is 6. The SMILES string of the molecule is CC.NCCNC(=O)CO[C@H]1C(O)[C@@H](COP(=O)([O-])OP(=O)([O-])OP(=O)([O-])O)O[C@H]1n1cnc2c(=S)nc(N)[nH]c21.Nc1nc(=S)c2ncn([C@@H]3O[C@H](COP(=O)([O-])OP(=O)([O-])OP(=O)([O-])O)C(O)[C@@H]3OCC(=O)NCCNC(=O)C(N)CCC(=O)O)c2[nH]1. The molecule has 0 spiro atoms. The Balaban J connectivity index is 0.000000377. The van der Waals surface area contributed by atoms with E-state index in [9.17, 15) is 86.1 Å². The van der Waals surface area contributed by atoms with Gasteiger partial charge in [0.05, 0.1) is 31.9 Å². The first-order valence-electron chi connectivity index (χ1n) is 24.5. The van der Waals surface area contributed by atoms with E-state index in [2.05, 4.69) is 72.1 Å². The van der Waals surface area contributed by atoms with E-state index in [0.29, 0.717) is 0 Å². The van der Waals surface area contributed by atoms with E-state index in [1.165, 1.54) is 15.5 Å². The molecule has 54 heteroatoms. The van der Waals surface area contributed by atoms with E-state index in [1.54, 1.807) is 0 Å². The summed E-state index contributed by atoms with van der Waals surface area (Å²) in [5, 5.41) is 37.7. The predicted octanol–water partition coefficient (Wildman–Crippen LogP) is -7.15. The van der Waals surface area contributed by atoms with Crippen molar-refractivity contribution in [3.63, 3.8) is 0 Å². The summed E-state index contributed by atoms with van der Waals surface area (Å²) < 4.78 is 115. The average Bonchev–Trinajstić information content (AvgIpc) is 1.92. The average molecular weight is 1430 g/mol. The molecule has 18 N–H and O–H groups in total. The molecule has 2 aliphatic rings. The Labute approximate surface area is 508 Å². The minimum absolute atomic E-state index is 0.0104. The zero-order chi connectivity index (χ0) is 67.2. The number of carbonyl (C=O) groups excluding carboxylic acids is 3. The molecule has 0 aromatic carbocycles. The molecule has 2 aliphatic heterocycles. The van der Waals surface area contributed by atoms with Gasteiger partial charge in [0.1, 0.15) is 72.2 Å². The summed E-state index contributed by atoms with van der Waals surface area (Å²) in [5.41, 5.74) is 22.9. The number of rotatable bonds is 31. The summed E-state index contributed by atoms with van der Waals surface area (Å²) in [7, 11) is -36.1. The number of aliphatic hydroxyl groups is 2. The van der Waals surface area contributed by atoms with Crippen molar-refractivity contribution < 1.29 is 146 Å². The number of phosphoric acid groups is 6. The Morgan fingerprint density at radius 3 is 1.43 bits per heavy atom. The van der Waals surface area contributed by atoms with Crippen molar-refractivity contribution in [1.82, 2.24) is 55.0 Å². The van der Waals surface area contributed by atoms with Crippen LogP contribution in [0.1, 0.15) is 39.1 Å². The summed E-state index contributed by atoms with van der Waals surface area (Å²) >= 11 is 10.2. The zero-order valence-electron chi connectivity index (χ0n) is 45.3. The number of H-pyrrole nitrogens is 2. The number of carbonyl (C=O) groups is 4. The van der Waals surface area contributed by atoms with Crippen molar-refractivity contribution in [2.75, 3.05) is 64.1 Å². The number of aromatic nitrogens is 8. The molecule has 6 heterocycles. The number of nitrogens with one attached hydrogen (secondary N) is 5. The summed E-state index contributed by atoms with van der Waals surface area (Å²) in [4.78, 5) is 153. The van der Waals surface area contributed by atoms with Gasteiger partial charge in [-0.1, -0.05) is 38.3 Å².